The summed E-state index contributed by atoms with van der Waals surface area (Å²) in [6.07, 6.45) is 1.67. The first-order chi connectivity index (χ1) is 12.7. The number of rotatable bonds is 3. The average Bonchev–Trinajstić information content (AvgIpc) is 3.32. The molecule has 2 amide bonds. The minimum absolute atomic E-state index is 0.0858. The van der Waals surface area contributed by atoms with Crippen molar-refractivity contribution >= 4 is 28.3 Å². The summed E-state index contributed by atoms with van der Waals surface area (Å²) in [5.74, 6) is 0.699. The largest absolute Gasteiger partial charge is 0.345 e. The summed E-state index contributed by atoms with van der Waals surface area (Å²) >= 11 is 1.65. The SMILES string of the molecule is Cn1nccc1NC(=O)N1CCN(c2nc(-c3ccccc3)cs2)CC1. The van der Waals surface area contributed by atoms with Gasteiger partial charge in [-0.15, -0.1) is 11.3 Å². The molecule has 26 heavy (non-hydrogen) atoms. The van der Waals surface area contributed by atoms with Crippen LogP contribution < -0.4 is 10.2 Å². The Morgan fingerprint density at radius 1 is 1.12 bits per heavy atom. The van der Waals surface area contributed by atoms with Crippen molar-refractivity contribution in [1.29, 1.82) is 0 Å². The van der Waals surface area contributed by atoms with Crippen LogP contribution in [-0.4, -0.2) is 51.9 Å². The monoisotopic (exact) mass is 368 g/mol. The van der Waals surface area contributed by atoms with Gasteiger partial charge in [0.25, 0.3) is 0 Å². The van der Waals surface area contributed by atoms with E-state index in [4.69, 9.17) is 4.98 Å². The number of urea groups is 1. The van der Waals surface area contributed by atoms with Crippen molar-refractivity contribution < 1.29 is 4.79 Å². The van der Waals surface area contributed by atoms with Crippen molar-refractivity contribution in [3.63, 3.8) is 0 Å². The van der Waals surface area contributed by atoms with Gasteiger partial charge < -0.3 is 9.80 Å². The third kappa shape index (κ3) is 3.41. The summed E-state index contributed by atoms with van der Waals surface area (Å²) in [7, 11) is 1.81. The van der Waals surface area contributed by atoms with Crippen LogP contribution in [-0.2, 0) is 7.05 Å². The molecule has 1 aromatic carbocycles. The third-order valence-electron chi connectivity index (χ3n) is 4.45. The fraction of sp³-hybridized carbons (Fsp3) is 0.278. The second kappa shape index (κ2) is 7.17. The number of carbonyl (C=O) groups excluding carboxylic acids is 1. The lowest BCUT2D eigenvalue weighted by molar-refractivity contribution is 0.208. The minimum Gasteiger partial charge on any atom is -0.345 e. The molecular formula is C18H20N6OS. The molecule has 0 aliphatic carbocycles. The number of nitrogens with zero attached hydrogens (tertiary/aromatic N) is 5. The van der Waals surface area contributed by atoms with Crippen LogP contribution in [0.1, 0.15) is 0 Å². The predicted octanol–water partition coefficient (Wildman–Crippen LogP) is 2.90. The molecule has 0 saturated carbocycles. The van der Waals surface area contributed by atoms with Gasteiger partial charge in [0, 0.05) is 50.2 Å². The standard InChI is InChI=1S/C18H20N6OS/c1-22-16(7-8-19-22)21-17(25)23-9-11-24(12-10-23)18-20-15(13-26-18)14-5-3-2-4-6-14/h2-8,13H,9-12H2,1H3,(H,21,25). The van der Waals surface area contributed by atoms with Gasteiger partial charge in [-0.1, -0.05) is 30.3 Å². The highest BCUT2D eigenvalue weighted by molar-refractivity contribution is 7.14. The van der Waals surface area contributed by atoms with E-state index < -0.39 is 0 Å². The molecule has 1 fully saturated rings. The van der Waals surface area contributed by atoms with E-state index >= 15 is 0 Å². The van der Waals surface area contributed by atoms with Crippen LogP contribution in [0.15, 0.2) is 48.0 Å². The van der Waals surface area contributed by atoms with Gasteiger partial charge in [-0.2, -0.15) is 5.10 Å². The number of aryl methyl sites for hydroxylation is 1. The molecule has 1 N–H and O–H groups in total. The number of thiazole rings is 1. The number of hydrogen-bond acceptors (Lipinski definition) is 5. The highest BCUT2D eigenvalue weighted by Gasteiger charge is 2.23. The number of piperazine rings is 1. The van der Waals surface area contributed by atoms with Crippen molar-refractivity contribution in [1.82, 2.24) is 19.7 Å². The topological polar surface area (TPSA) is 66.3 Å². The van der Waals surface area contributed by atoms with Crippen LogP contribution in [0.25, 0.3) is 11.3 Å². The second-order valence-corrected chi connectivity index (χ2v) is 6.96. The van der Waals surface area contributed by atoms with Gasteiger partial charge in [0.15, 0.2) is 5.13 Å². The van der Waals surface area contributed by atoms with Gasteiger partial charge in [0.1, 0.15) is 5.82 Å². The van der Waals surface area contributed by atoms with Crippen LogP contribution in [0.4, 0.5) is 15.7 Å². The molecule has 134 valence electrons. The Morgan fingerprint density at radius 2 is 1.88 bits per heavy atom. The number of hydrogen-bond donors (Lipinski definition) is 1. The molecule has 8 heteroatoms. The fourth-order valence-electron chi connectivity index (χ4n) is 2.94. The quantitative estimate of drug-likeness (QED) is 0.772. The first-order valence-corrected chi connectivity index (χ1v) is 9.38. The minimum atomic E-state index is -0.0858. The van der Waals surface area contributed by atoms with Crippen molar-refractivity contribution in [2.75, 3.05) is 36.4 Å². The Balaban J connectivity index is 1.36. The second-order valence-electron chi connectivity index (χ2n) is 6.13. The summed E-state index contributed by atoms with van der Waals surface area (Å²) in [5, 5.41) is 10.1. The lowest BCUT2D eigenvalue weighted by atomic mass is 10.2. The van der Waals surface area contributed by atoms with Crippen molar-refractivity contribution in [3.8, 4) is 11.3 Å². The van der Waals surface area contributed by atoms with E-state index in [0.717, 1.165) is 29.5 Å². The van der Waals surface area contributed by atoms with Crippen LogP contribution in [0, 0.1) is 0 Å². The van der Waals surface area contributed by atoms with Gasteiger partial charge in [-0.25, -0.2) is 9.78 Å². The van der Waals surface area contributed by atoms with E-state index in [1.807, 2.05) is 23.1 Å². The van der Waals surface area contributed by atoms with Gasteiger partial charge in [0.05, 0.1) is 11.9 Å². The zero-order valence-electron chi connectivity index (χ0n) is 14.5. The molecule has 4 rings (SSSR count). The van der Waals surface area contributed by atoms with E-state index in [2.05, 4.69) is 32.8 Å². The van der Waals surface area contributed by atoms with Crippen LogP contribution in [0.5, 0.6) is 0 Å². The predicted molar refractivity (Wildman–Crippen MR) is 104 cm³/mol. The highest BCUT2D eigenvalue weighted by atomic mass is 32.1. The van der Waals surface area contributed by atoms with Crippen LogP contribution in [0.2, 0.25) is 0 Å². The molecule has 3 heterocycles. The summed E-state index contributed by atoms with van der Waals surface area (Å²) < 4.78 is 1.65. The zero-order chi connectivity index (χ0) is 17.9. The molecule has 2 aromatic heterocycles. The number of carbonyl (C=O) groups is 1. The maximum Gasteiger partial charge on any atom is 0.323 e. The van der Waals surface area contributed by atoms with Gasteiger partial charge >= 0.3 is 6.03 Å². The molecule has 1 saturated heterocycles. The van der Waals surface area contributed by atoms with Gasteiger partial charge in [-0.3, -0.25) is 10.00 Å². The first-order valence-electron chi connectivity index (χ1n) is 8.50. The Morgan fingerprint density at radius 3 is 2.58 bits per heavy atom. The molecule has 1 aliphatic heterocycles. The zero-order valence-corrected chi connectivity index (χ0v) is 15.3. The normalized spacial score (nSPS) is 14.5. The molecular weight excluding hydrogens is 348 g/mol. The Kier molecular flexibility index (Phi) is 4.57. The van der Waals surface area contributed by atoms with E-state index in [0.29, 0.717) is 18.9 Å². The van der Waals surface area contributed by atoms with E-state index in [-0.39, 0.29) is 6.03 Å². The number of benzene rings is 1. The van der Waals surface area contributed by atoms with E-state index in [1.54, 1.807) is 35.3 Å². The Bertz CT molecular complexity index is 882. The van der Waals surface area contributed by atoms with Crippen molar-refractivity contribution in [3.05, 3.63) is 48.0 Å². The molecule has 7 nitrogen and oxygen atoms in total. The Hall–Kier alpha value is -2.87. The van der Waals surface area contributed by atoms with E-state index in [9.17, 15) is 4.79 Å². The number of amides is 2. The van der Waals surface area contributed by atoms with Gasteiger partial charge in [0.2, 0.25) is 0 Å². The van der Waals surface area contributed by atoms with Crippen molar-refractivity contribution in [2.24, 2.45) is 7.05 Å². The lowest BCUT2D eigenvalue weighted by Crippen LogP contribution is -2.50. The fourth-order valence-corrected chi connectivity index (χ4v) is 3.83. The third-order valence-corrected chi connectivity index (χ3v) is 5.36. The van der Waals surface area contributed by atoms with Crippen molar-refractivity contribution in [2.45, 2.75) is 0 Å². The summed E-state index contributed by atoms with van der Waals surface area (Å²) in [4.78, 5) is 21.2. The highest BCUT2D eigenvalue weighted by Crippen LogP contribution is 2.28. The van der Waals surface area contributed by atoms with Gasteiger partial charge in [-0.05, 0) is 0 Å². The summed E-state index contributed by atoms with van der Waals surface area (Å²) in [5.41, 5.74) is 2.13. The summed E-state index contributed by atoms with van der Waals surface area (Å²) in [6, 6.07) is 11.9. The molecule has 0 unspecified atom stereocenters. The number of anilines is 2. The smallest absolute Gasteiger partial charge is 0.323 e. The molecule has 0 spiro atoms. The first kappa shape index (κ1) is 16.6. The number of nitrogens with one attached hydrogen (secondary N) is 1. The average molecular weight is 368 g/mol. The molecule has 0 bridgehead atoms. The molecule has 1 aliphatic rings. The van der Waals surface area contributed by atoms with E-state index in [1.165, 1.54) is 0 Å². The maximum absolute atomic E-state index is 12.4. The lowest BCUT2D eigenvalue weighted by Gasteiger charge is -2.34. The molecule has 0 atom stereocenters. The summed E-state index contributed by atoms with van der Waals surface area (Å²) in [6.45, 7) is 2.90. The number of aromatic nitrogens is 3. The molecule has 3 aromatic rings. The molecule has 0 radical (unpaired) electrons. The Labute approximate surface area is 155 Å². The van der Waals surface area contributed by atoms with Crippen LogP contribution in [0.3, 0.4) is 0 Å². The maximum atomic E-state index is 12.4. The van der Waals surface area contributed by atoms with Crippen LogP contribution >= 0.6 is 11.3 Å².